The van der Waals surface area contributed by atoms with E-state index < -0.39 is 0 Å². The average Bonchev–Trinajstić information content (AvgIpc) is 2.69. The Bertz CT molecular complexity index is 454. The van der Waals surface area contributed by atoms with E-state index in [4.69, 9.17) is 5.73 Å². The molecule has 0 saturated heterocycles. The smallest absolute Gasteiger partial charge is 0.107 e. The molecule has 0 unspecified atom stereocenters. The second-order valence-corrected chi connectivity index (χ2v) is 5.28. The number of H-pyrrole nitrogens is 1. The molecule has 2 aromatic heterocycles. The molecular weight excluding hydrogens is 212 g/mol. The molecule has 3 N–H and O–H groups in total. The fourth-order valence-corrected chi connectivity index (χ4v) is 2.00. The molecule has 0 bridgehead atoms. The van der Waals surface area contributed by atoms with Gasteiger partial charge in [0, 0.05) is 12.6 Å². The average molecular weight is 232 g/mol. The van der Waals surface area contributed by atoms with E-state index in [9.17, 15) is 0 Å². The highest BCUT2D eigenvalue weighted by Crippen LogP contribution is 2.26. The largest absolute Gasteiger partial charge is 0.341 e. The quantitative estimate of drug-likeness (QED) is 0.831. The summed E-state index contributed by atoms with van der Waals surface area (Å²) >= 11 is 0. The van der Waals surface area contributed by atoms with Crippen molar-refractivity contribution in [3.05, 3.63) is 24.3 Å². The lowest BCUT2D eigenvalue weighted by atomic mass is 9.84. The third kappa shape index (κ3) is 3.03. The normalized spacial score (nSPS) is 12.2. The molecule has 0 radical (unpaired) electrons. The Morgan fingerprint density at radius 2 is 2.18 bits per heavy atom. The molecule has 0 amide bonds. The third-order valence-corrected chi connectivity index (χ3v) is 3.19. The van der Waals surface area contributed by atoms with Gasteiger partial charge in [-0.2, -0.15) is 0 Å². The topological polar surface area (TPSA) is 67.6 Å². The highest BCUT2D eigenvalue weighted by atomic mass is 14.9. The Balaban J connectivity index is 2.04. The first-order valence-corrected chi connectivity index (χ1v) is 6.09. The maximum absolute atomic E-state index is 5.61. The summed E-state index contributed by atoms with van der Waals surface area (Å²) in [5.41, 5.74) is 7.90. The number of aromatic nitrogens is 3. The third-order valence-electron chi connectivity index (χ3n) is 3.19. The molecule has 0 fully saturated rings. The van der Waals surface area contributed by atoms with E-state index in [2.05, 4.69) is 28.8 Å². The summed E-state index contributed by atoms with van der Waals surface area (Å²) in [7, 11) is 0. The molecule has 0 aromatic carbocycles. The standard InChI is InChI=1S/C13H20N4/c1-13(2,6-7-14)5-3-12-16-10-4-8-15-9-11(10)17-12/h4,8-9H,3,5-7,14H2,1-2H3,(H,16,17). The SMILES string of the molecule is CC(C)(CCN)CCc1nc2ccncc2[nH]1. The highest BCUT2D eigenvalue weighted by molar-refractivity contribution is 5.73. The zero-order valence-electron chi connectivity index (χ0n) is 10.5. The van der Waals surface area contributed by atoms with Gasteiger partial charge in [-0.25, -0.2) is 4.98 Å². The van der Waals surface area contributed by atoms with Crippen molar-refractivity contribution in [2.75, 3.05) is 6.54 Å². The maximum Gasteiger partial charge on any atom is 0.107 e. The van der Waals surface area contributed by atoms with Crippen molar-refractivity contribution in [2.45, 2.75) is 33.1 Å². The zero-order chi connectivity index (χ0) is 12.3. The summed E-state index contributed by atoms with van der Waals surface area (Å²) in [5, 5.41) is 0. The molecule has 0 aliphatic rings. The number of hydrogen-bond donors (Lipinski definition) is 2. The molecule has 0 saturated carbocycles. The fraction of sp³-hybridized carbons (Fsp3) is 0.538. The summed E-state index contributed by atoms with van der Waals surface area (Å²) in [6.45, 7) is 5.26. The summed E-state index contributed by atoms with van der Waals surface area (Å²) in [6.07, 6.45) is 6.69. The van der Waals surface area contributed by atoms with Gasteiger partial charge in [0.1, 0.15) is 5.82 Å². The lowest BCUT2D eigenvalue weighted by Gasteiger charge is -2.22. The minimum absolute atomic E-state index is 0.284. The predicted molar refractivity (Wildman–Crippen MR) is 69.7 cm³/mol. The Morgan fingerprint density at radius 3 is 2.88 bits per heavy atom. The van der Waals surface area contributed by atoms with Gasteiger partial charge in [-0.05, 0) is 30.9 Å². The minimum atomic E-state index is 0.284. The molecule has 0 atom stereocenters. The van der Waals surface area contributed by atoms with E-state index in [1.54, 1.807) is 6.20 Å². The molecule has 0 aliphatic carbocycles. The van der Waals surface area contributed by atoms with Crippen LogP contribution in [0.3, 0.4) is 0 Å². The van der Waals surface area contributed by atoms with E-state index in [1.807, 2.05) is 12.3 Å². The number of hydrogen-bond acceptors (Lipinski definition) is 3. The lowest BCUT2D eigenvalue weighted by Crippen LogP contribution is -2.18. The van der Waals surface area contributed by atoms with Gasteiger partial charge in [-0.15, -0.1) is 0 Å². The van der Waals surface area contributed by atoms with Gasteiger partial charge < -0.3 is 10.7 Å². The Hall–Kier alpha value is -1.42. The summed E-state index contributed by atoms with van der Waals surface area (Å²) in [5.74, 6) is 1.04. The van der Waals surface area contributed by atoms with Gasteiger partial charge in [0.25, 0.3) is 0 Å². The minimum Gasteiger partial charge on any atom is -0.341 e. The predicted octanol–water partition coefficient (Wildman–Crippen LogP) is 2.27. The first-order chi connectivity index (χ1) is 8.11. The van der Waals surface area contributed by atoms with Crippen LogP contribution in [0.5, 0.6) is 0 Å². The van der Waals surface area contributed by atoms with Crippen LogP contribution in [0.1, 0.15) is 32.5 Å². The molecule has 17 heavy (non-hydrogen) atoms. The molecule has 4 heteroatoms. The Morgan fingerprint density at radius 1 is 1.35 bits per heavy atom. The van der Waals surface area contributed by atoms with Crippen molar-refractivity contribution in [1.29, 1.82) is 0 Å². The molecule has 2 rings (SSSR count). The zero-order valence-corrected chi connectivity index (χ0v) is 10.5. The van der Waals surface area contributed by atoms with E-state index in [0.29, 0.717) is 0 Å². The number of nitrogens with zero attached hydrogens (tertiary/aromatic N) is 2. The van der Waals surface area contributed by atoms with Crippen LogP contribution < -0.4 is 5.73 Å². The molecule has 2 heterocycles. The van der Waals surface area contributed by atoms with E-state index >= 15 is 0 Å². The lowest BCUT2D eigenvalue weighted by molar-refractivity contribution is 0.311. The van der Waals surface area contributed by atoms with Crippen molar-refractivity contribution in [2.24, 2.45) is 11.1 Å². The fourth-order valence-electron chi connectivity index (χ4n) is 2.00. The first-order valence-electron chi connectivity index (χ1n) is 6.09. The molecule has 2 aromatic rings. The number of nitrogens with two attached hydrogens (primary N) is 1. The number of fused-ring (bicyclic) bond motifs is 1. The van der Waals surface area contributed by atoms with Crippen molar-refractivity contribution < 1.29 is 0 Å². The van der Waals surface area contributed by atoms with Crippen molar-refractivity contribution >= 4 is 11.0 Å². The van der Waals surface area contributed by atoms with Crippen LogP contribution in [-0.2, 0) is 6.42 Å². The number of imidazole rings is 1. The van der Waals surface area contributed by atoms with Crippen LogP contribution in [0, 0.1) is 5.41 Å². The van der Waals surface area contributed by atoms with Crippen molar-refractivity contribution in [3.8, 4) is 0 Å². The van der Waals surface area contributed by atoms with Gasteiger partial charge in [-0.1, -0.05) is 13.8 Å². The molecule has 0 aliphatic heterocycles. The van der Waals surface area contributed by atoms with Crippen LogP contribution in [0.15, 0.2) is 18.5 Å². The van der Waals surface area contributed by atoms with Crippen LogP contribution in [0.4, 0.5) is 0 Å². The summed E-state index contributed by atoms with van der Waals surface area (Å²) in [6, 6.07) is 1.93. The van der Waals surface area contributed by atoms with Gasteiger partial charge in [0.2, 0.25) is 0 Å². The Labute approximate surface area is 102 Å². The Kier molecular flexibility index (Phi) is 3.43. The first kappa shape index (κ1) is 12.0. The monoisotopic (exact) mass is 232 g/mol. The van der Waals surface area contributed by atoms with E-state index in [-0.39, 0.29) is 5.41 Å². The van der Waals surface area contributed by atoms with Crippen LogP contribution in [0.25, 0.3) is 11.0 Å². The maximum atomic E-state index is 5.61. The van der Waals surface area contributed by atoms with E-state index in [1.165, 1.54) is 0 Å². The van der Waals surface area contributed by atoms with Gasteiger partial charge in [0.15, 0.2) is 0 Å². The number of aryl methyl sites for hydroxylation is 1. The van der Waals surface area contributed by atoms with Crippen molar-refractivity contribution in [1.82, 2.24) is 15.0 Å². The molecule has 0 spiro atoms. The van der Waals surface area contributed by atoms with Crippen LogP contribution in [0.2, 0.25) is 0 Å². The molecular formula is C13H20N4. The number of nitrogens with one attached hydrogen (secondary N) is 1. The highest BCUT2D eigenvalue weighted by Gasteiger charge is 2.17. The van der Waals surface area contributed by atoms with Crippen LogP contribution in [-0.4, -0.2) is 21.5 Å². The molecule has 4 nitrogen and oxygen atoms in total. The van der Waals surface area contributed by atoms with E-state index in [0.717, 1.165) is 42.7 Å². The number of aromatic amines is 1. The van der Waals surface area contributed by atoms with Gasteiger partial charge in [0.05, 0.1) is 17.2 Å². The van der Waals surface area contributed by atoms with Gasteiger partial charge in [-0.3, -0.25) is 4.98 Å². The number of rotatable bonds is 5. The molecule has 92 valence electrons. The second-order valence-electron chi connectivity index (χ2n) is 5.28. The van der Waals surface area contributed by atoms with Crippen LogP contribution >= 0.6 is 0 Å². The second kappa shape index (κ2) is 4.84. The number of pyridine rings is 1. The summed E-state index contributed by atoms with van der Waals surface area (Å²) in [4.78, 5) is 11.9. The van der Waals surface area contributed by atoms with Gasteiger partial charge >= 0.3 is 0 Å². The summed E-state index contributed by atoms with van der Waals surface area (Å²) < 4.78 is 0. The van der Waals surface area contributed by atoms with Crippen molar-refractivity contribution in [3.63, 3.8) is 0 Å².